The SMILES string of the molecule is Cc1cc(CNC(=O)c2n[nH]nc2N)cc(C)c1C(=O)c1ccc(Cl)cc1. The van der Waals surface area contributed by atoms with Crippen LogP contribution in [0.4, 0.5) is 5.82 Å². The average Bonchev–Trinajstić information content (AvgIpc) is 3.05. The van der Waals surface area contributed by atoms with Crippen LogP contribution < -0.4 is 11.1 Å². The monoisotopic (exact) mass is 383 g/mol. The highest BCUT2D eigenvalue weighted by Gasteiger charge is 2.17. The van der Waals surface area contributed by atoms with E-state index in [0.717, 1.165) is 16.7 Å². The lowest BCUT2D eigenvalue weighted by atomic mass is 9.93. The van der Waals surface area contributed by atoms with Crippen molar-refractivity contribution in [3.05, 3.63) is 74.9 Å². The van der Waals surface area contributed by atoms with E-state index in [0.29, 0.717) is 16.1 Å². The molecule has 1 heterocycles. The topological polar surface area (TPSA) is 114 Å². The molecule has 0 aliphatic heterocycles. The molecule has 0 aliphatic rings. The van der Waals surface area contributed by atoms with Crippen molar-refractivity contribution in [2.75, 3.05) is 5.73 Å². The number of carbonyl (C=O) groups excluding carboxylic acids is 2. The van der Waals surface area contributed by atoms with Gasteiger partial charge in [-0.1, -0.05) is 23.7 Å². The molecule has 7 nitrogen and oxygen atoms in total. The number of anilines is 1. The van der Waals surface area contributed by atoms with Crippen molar-refractivity contribution < 1.29 is 9.59 Å². The van der Waals surface area contributed by atoms with Crippen molar-refractivity contribution in [2.45, 2.75) is 20.4 Å². The van der Waals surface area contributed by atoms with Crippen molar-refractivity contribution in [1.29, 1.82) is 0 Å². The van der Waals surface area contributed by atoms with Crippen molar-refractivity contribution in [2.24, 2.45) is 0 Å². The van der Waals surface area contributed by atoms with Gasteiger partial charge in [-0.2, -0.15) is 5.21 Å². The Morgan fingerprint density at radius 1 is 1.11 bits per heavy atom. The maximum atomic E-state index is 12.8. The fourth-order valence-corrected chi connectivity index (χ4v) is 3.06. The molecule has 4 N–H and O–H groups in total. The molecule has 0 saturated heterocycles. The molecule has 0 radical (unpaired) electrons. The number of ketones is 1. The molecule has 1 amide bonds. The van der Waals surface area contributed by atoms with Crippen LogP contribution in [0.15, 0.2) is 36.4 Å². The number of nitrogens with one attached hydrogen (secondary N) is 2. The summed E-state index contributed by atoms with van der Waals surface area (Å²) >= 11 is 5.89. The van der Waals surface area contributed by atoms with Gasteiger partial charge in [-0.3, -0.25) is 9.59 Å². The second-order valence-corrected chi connectivity index (χ2v) is 6.62. The number of amides is 1. The van der Waals surface area contributed by atoms with E-state index in [1.54, 1.807) is 24.3 Å². The molecule has 8 heteroatoms. The maximum absolute atomic E-state index is 12.8. The number of hydrogen-bond donors (Lipinski definition) is 3. The molecule has 2 aromatic carbocycles. The van der Waals surface area contributed by atoms with Crippen LogP contribution in [0, 0.1) is 13.8 Å². The van der Waals surface area contributed by atoms with Crippen molar-refractivity contribution in [3.63, 3.8) is 0 Å². The lowest BCUT2D eigenvalue weighted by molar-refractivity contribution is 0.0946. The molecular weight excluding hydrogens is 366 g/mol. The summed E-state index contributed by atoms with van der Waals surface area (Å²) in [4.78, 5) is 24.9. The number of aromatic nitrogens is 3. The number of benzene rings is 2. The van der Waals surface area contributed by atoms with E-state index in [2.05, 4.69) is 20.7 Å². The van der Waals surface area contributed by atoms with Gasteiger partial charge in [-0.25, -0.2) is 0 Å². The van der Waals surface area contributed by atoms with Crippen molar-refractivity contribution >= 4 is 29.1 Å². The summed E-state index contributed by atoms with van der Waals surface area (Å²) in [7, 11) is 0. The Kier molecular flexibility index (Phi) is 5.23. The standard InChI is InChI=1S/C19H18ClN5O2/c1-10-7-12(9-22-19(27)16-18(21)24-25-23-16)8-11(2)15(10)17(26)13-3-5-14(20)6-4-13/h3-8H,9H2,1-2H3,(H,22,27)(H3,21,23,24,25). The Labute approximate surface area is 160 Å². The van der Waals surface area contributed by atoms with Crippen molar-refractivity contribution in [3.8, 4) is 0 Å². The summed E-state index contributed by atoms with van der Waals surface area (Å²) in [6, 6.07) is 10.6. The first-order chi connectivity index (χ1) is 12.9. The molecule has 0 atom stereocenters. The number of halogens is 1. The minimum absolute atomic E-state index is 0.0452. The molecule has 27 heavy (non-hydrogen) atoms. The molecule has 138 valence electrons. The summed E-state index contributed by atoms with van der Waals surface area (Å²) in [5.41, 5.74) is 9.38. The fraction of sp³-hybridized carbons (Fsp3) is 0.158. The summed E-state index contributed by atoms with van der Waals surface area (Å²) in [5.74, 6) is -0.436. The Morgan fingerprint density at radius 3 is 2.30 bits per heavy atom. The third-order valence-electron chi connectivity index (χ3n) is 4.17. The van der Waals surface area contributed by atoms with E-state index in [1.807, 2.05) is 26.0 Å². The second kappa shape index (κ2) is 7.59. The molecule has 0 saturated carbocycles. The van der Waals surface area contributed by atoms with Gasteiger partial charge in [-0.15, -0.1) is 10.2 Å². The fourth-order valence-electron chi connectivity index (χ4n) is 2.93. The quantitative estimate of drug-likeness (QED) is 0.586. The molecule has 0 spiro atoms. The normalized spacial score (nSPS) is 10.6. The van der Waals surface area contributed by atoms with Gasteiger partial charge in [0.15, 0.2) is 17.3 Å². The second-order valence-electron chi connectivity index (χ2n) is 6.18. The lowest BCUT2D eigenvalue weighted by Gasteiger charge is -2.13. The number of nitrogen functional groups attached to an aromatic ring is 1. The zero-order valence-corrected chi connectivity index (χ0v) is 15.6. The van der Waals surface area contributed by atoms with Crippen LogP contribution in [0.2, 0.25) is 5.02 Å². The highest BCUT2D eigenvalue weighted by Crippen LogP contribution is 2.21. The molecule has 3 rings (SSSR count). The van der Waals surface area contributed by atoms with Gasteiger partial charge >= 0.3 is 0 Å². The van der Waals surface area contributed by atoms with Crippen molar-refractivity contribution in [1.82, 2.24) is 20.7 Å². The van der Waals surface area contributed by atoms with E-state index in [4.69, 9.17) is 17.3 Å². The number of nitrogens with two attached hydrogens (primary N) is 1. The lowest BCUT2D eigenvalue weighted by Crippen LogP contribution is -2.24. The Bertz CT molecular complexity index is 988. The Balaban J connectivity index is 1.78. The first kappa shape index (κ1) is 18.6. The average molecular weight is 384 g/mol. The Morgan fingerprint density at radius 2 is 1.74 bits per heavy atom. The predicted molar refractivity (Wildman–Crippen MR) is 103 cm³/mol. The van der Waals surface area contributed by atoms with Gasteiger partial charge in [-0.05, 0) is 54.8 Å². The molecule has 1 aromatic heterocycles. The van der Waals surface area contributed by atoms with Crippen LogP contribution in [-0.4, -0.2) is 27.1 Å². The summed E-state index contributed by atoms with van der Waals surface area (Å²) < 4.78 is 0. The van der Waals surface area contributed by atoms with E-state index < -0.39 is 5.91 Å². The van der Waals surface area contributed by atoms with Gasteiger partial charge in [0.05, 0.1) is 0 Å². The number of aryl methyl sites for hydroxylation is 2. The van der Waals surface area contributed by atoms with Crippen LogP contribution in [0.1, 0.15) is 43.1 Å². The summed E-state index contributed by atoms with van der Waals surface area (Å²) in [5, 5.41) is 13.0. The van der Waals surface area contributed by atoms with Gasteiger partial charge < -0.3 is 11.1 Å². The minimum atomic E-state index is -0.419. The molecule has 0 fully saturated rings. The third-order valence-corrected chi connectivity index (χ3v) is 4.42. The van der Waals surface area contributed by atoms with Crippen LogP contribution in [0.5, 0.6) is 0 Å². The van der Waals surface area contributed by atoms with Crippen LogP contribution >= 0.6 is 11.6 Å². The van der Waals surface area contributed by atoms with Gasteiger partial charge in [0.2, 0.25) is 0 Å². The number of carbonyl (C=O) groups is 2. The number of rotatable bonds is 5. The molecular formula is C19H18ClN5O2. The Hall–Kier alpha value is -3.19. The molecule has 0 bridgehead atoms. The number of aromatic amines is 1. The van der Waals surface area contributed by atoms with E-state index in [9.17, 15) is 9.59 Å². The largest absolute Gasteiger partial charge is 0.380 e. The van der Waals surface area contributed by atoms with Gasteiger partial charge in [0.1, 0.15) is 0 Å². The highest BCUT2D eigenvalue weighted by molar-refractivity contribution is 6.30. The van der Waals surface area contributed by atoms with E-state index in [-0.39, 0.29) is 23.8 Å². The van der Waals surface area contributed by atoms with Gasteiger partial charge in [0.25, 0.3) is 5.91 Å². The maximum Gasteiger partial charge on any atom is 0.275 e. The number of nitrogens with zero attached hydrogens (tertiary/aromatic N) is 2. The molecule has 0 unspecified atom stereocenters. The smallest absolute Gasteiger partial charge is 0.275 e. The zero-order chi connectivity index (χ0) is 19.6. The molecule has 0 aliphatic carbocycles. The minimum Gasteiger partial charge on any atom is -0.380 e. The van der Waals surface area contributed by atoms with Crippen LogP contribution in [-0.2, 0) is 6.54 Å². The number of H-pyrrole nitrogens is 1. The molecule has 3 aromatic rings. The summed E-state index contributed by atoms with van der Waals surface area (Å²) in [6.45, 7) is 4.02. The van der Waals surface area contributed by atoms with Crippen LogP contribution in [0.3, 0.4) is 0 Å². The first-order valence-corrected chi connectivity index (χ1v) is 8.59. The predicted octanol–water partition coefficient (Wildman–Crippen LogP) is 2.82. The van der Waals surface area contributed by atoms with Crippen LogP contribution in [0.25, 0.3) is 0 Å². The number of hydrogen-bond acceptors (Lipinski definition) is 5. The van der Waals surface area contributed by atoms with Gasteiger partial charge in [0, 0.05) is 22.7 Å². The third kappa shape index (κ3) is 3.98. The zero-order valence-electron chi connectivity index (χ0n) is 14.8. The highest BCUT2D eigenvalue weighted by atomic mass is 35.5. The van der Waals surface area contributed by atoms with E-state index in [1.165, 1.54) is 0 Å². The first-order valence-electron chi connectivity index (χ1n) is 8.21. The summed E-state index contributed by atoms with van der Waals surface area (Å²) in [6.07, 6.45) is 0. The van der Waals surface area contributed by atoms with E-state index >= 15 is 0 Å².